The maximum atomic E-state index is 5.13. The van der Waals surface area contributed by atoms with Crippen LogP contribution in [0, 0.1) is 6.92 Å². The molecule has 1 aromatic rings. The van der Waals surface area contributed by atoms with E-state index in [-0.39, 0.29) is 0 Å². The summed E-state index contributed by atoms with van der Waals surface area (Å²) in [4.78, 5) is 4.64. The van der Waals surface area contributed by atoms with Gasteiger partial charge in [-0.1, -0.05) is 13.0 Å². The van der Waals surface area contributed by atoms with Crippen molar-refractivity contribution < 1.29 is 9.57 Å². The summed E-state index contributed by atoms with van der Waals surface area (Å²) in [5.41, 5.74) is 2.45. The molecule has 1 rings (SSSR count). The smallest absolute Gasteiger partial charge is 0.119 e. The van der Waals surface area contributed by atoms with Crippen molar-refractivity contribution in [1.82, 2.24) is 0 Å². The lowest BCUT2D eigenvalue weighted by molar-refractivity contribution is 0.126. The summed E-state index contributed by atoms with van der Waals surface area (Å²) in [5, 5.41) is 0. The molecule has 0 aliphatic rings. The van der Waals surface area contributed by atoms with Gasteiger partial charge >= 0.3 is 0 Å². The van der Waals surface area contributed by atoms with Crippen LogP contribution in [0.1, 0.15) is 24.0 Å². The molecular formula is C11H17NO2. The molecule has 1 atom stereocenters. The third kappa shape index (κ3) is 2.47. The van der Waals surface area contributed by atoms with Crippen molar-refractivity contribution in [1.29, 1.82) is 0 Å². The van der Waals surface area contributed by atoms with E-state index in [9.17, 15) is 0 Å². The maximum absolute atomic E-state index is 5.13. The Balaban J connectivity index is 2.88. The van der Waals surface area contributed by atoms with Gasteiger partial charge in [-0.15, -0.1) is 0 Å². The molecule has 0 bridgehead atoms. The molecule has 1 aromatic carbocycles. The van der Waals surface area contributed by atoms with Crippen molar-refractivity contribution in [2.75, 3.05) is 13.7 Å². The zero-order valence-corrected chi connectivity index (χ0v) is 8.91. The fourth-order valence-corrected chi connectivity index (χ4v) is 1.56. The van der Waals surface area contributed by atoms with E-state index in [1.165, 1.54) is 11.1 Å². The first-order valence-corrected chi connectivity index (χ1v) is 4.65. The van der Waals surface area contributed by atoms with Crippen LogP contribution >= 0.6 is 0 Å². The highest BCUT2D eigenvalue weighted by Crippen LogP contribution is 2.23. The minimum atomic E-state index is 0.311. The van der Waals surface area contributed by atoms with Crippen LogP contribution in [-0.2, 0) is 4.84 Å². The predicted octanol–water partition coefficient (Wildman–Crippen LogP) is 2.00. The number of rotatable bonds is 4. The largest absolute Gasteiger partial charge is 0.497 e. The topological polar surface area (TPSA) is 44.5 Å². The van der Waals surface area contributed by atoms with Crippen molar-refractivity contribution in [3.8, 4) is 5.75 Å². The standard InChI is InChI=1S/C11H17NO2/c1-8-6-10(13-3)4-5-11(8)9(2)7-14-12/h4-6,9H,7,12H2,1-3H3. The molecule has 0 spiro atoms. The van der Waals surface area contributed by atoms with Crippen LogP contribution in [0.3, 0.4) is 0 Å². The van der Waals surface area contributed by atoms with Crippen molar-refractivity contribution >= 4 is 0 Å². The number of benzene rings is 1. The Kier molecular flexibility index (Phi) is 3.92. The third-order valence-electron chi connectivity index (χ3n) is 2.35. The number of hydrogen-bond donors (Lipinski definition) is 1. The monoisotopic (exact) mass is 195 g/mol. The summed E-state index contributed by atoms with van der Waals surface area (Å²) in [6.07, 6.45) is 0. The minimum Gasteiger partial charge on any atom is -0.497 e. The van der Waals surface area contributed by atoms with Crippen LogP contribution in [0.25, 0.3) is 0 Å². The van der Waals surface area contributed by atoms with Gasteiger partial charge in [0.05, 0.1) is 13.7 Å². The molecule has 0 saturated carbocycles. The second-order valence-corrected chi connectivity index (χ2v) is 3.46. The molecule has 1 unspecified atom stereocenters. The van der Waals surface area contributed by atoms with Gasteiger partial charge in [0.25, 0.3) is 0 Å². The Morgan fingerprint density at radius 1 is 1.43 bits per heavy atom. The van der Waals surface area contributed by atoms with Gasteiger partial charge in [0.2, 0.25) is 0 Å². The van der Waals surface area contributed by atoms with E-state index in [2.05, 4.69) is 24.8 Å². The summed E-state index contributed by atoms with van der Waals surface area (Å²) in [5.74, 6) is 6.24. The molecule has 3 heteroatoms. The van der Waals surface area contributed by atoms with Crippen molar-refractivity contribution in [2.24, 2.45) is 5.90 Å². The highest BCUT2D eigenvalue weighted by atomic mass is 16.6. The van der Waals surface area contributed by atoms with Gasteiger partial charge in [0.15, 0.2) is 0 Å². The van der Waals surface area contributed by atoms with Gasteiger partial charge in [0.1, 0.15) is 5.75 Å². The molecule has 0 heterocycles. The number of nitrogens with two attached hydrogens (primary N) is 1. The zero-order chi connectivity index (χ0) is 10.6. The van der Waals surface area contributed by atoms with Crippen molar-refractivity contribution in [2.45, 2.75) is 19.8 Å². The summed E-state index contributed by atoms with van der Waals surface area (Å²) in [7, 11) is 1.67. The molecule has 3 nitrogen and oxygen atoms in total. The normalized spacial score (nSPS) is 12.6. The molecule has 0 aliphatic carbocycles. The van der Waals surface area contributed by atoms with E-state index in [0.29, 0.717) is 12.5 Å². The van der Waals surface area contributed by atoms with Gasteiger partial charge in [-0.05, 0) is 30.2 Å². The lowest BCUT2D eigenvalue weighted by Gasteiger charge is -2.14. The molecule has 0 saturated heterocycles. The van der Waals surface area contributed by atoms with Crippen molar-refractivity contribution in [3.05, 3.63) is 29.3 Å². The Bertz CT molecular complexity index is 299. The third-order valence-corrected chi connectivity index (χ3v) is 2.35. The Morgan fingerprint density at radius 2 is 2.14 bits per heavy atom. The second kappa shape index (κ2) is 4.98. The molecular weight excluding hydrogens is 178 g/mol. The van der Waals surface area contributed by atoms with Gasteiger partial charge in [-0.2, -0.15) is 0 Å². The highest BCUT2D eigenvalue weighted by Gasteiger charge is 2.08. The molecule has 0 amide bonds. The molecule has 0 aromatic heterocycles. The quantitative estimate of drug-likeness (QED) is 0.747. The van der Waals surface area contributed by atoms with Crippen molar-refractivity contribution in [3.63, 3.8) is 0 Å². The van der Waals surface area contributed by atoms with Gasteiger partial charge in [-0.3, -0.25) is 0 Å². The van der Waals surface area contributed by atoms with Gasteiger partial charge < -0.3 is 9.57 Å². The fraction of sp³-hybridized carbons (Fsp3) is 0.455. The molecule has 2 N–H and O–H groups in total. The minimum absolute atomic E-state index is 0.311. The summed E-state index contributed by atoms with van der Waals surface area (Å²) >= 11 is 0. The van der Waals surface area contributed by atoms with Crippen LogP contribution in [0.15, 0.2) is 18.2 Å². The van der Waals surface area contributed by atoms with Crippen LogP contribution < -0.4 is 10.6 Å². The molecule has 78 valence electrons. The molecule has 0 radical (unpaired) electrons. The second-order valence-electron chi connectivity index (χ2n) is 3.46. The zero-order valence-electron chi connectivity index (χ0n) is 8.91. The Morgan fingerprint density at radius 3 is 2.64 bits per heavy atom. The summed E-state index contributed by atoms with van der Waals surface area (Å²) in [6, 6.07) is 6.02. The first kappa shape index (κ1) is 11.0. The van der Waals surface area contributed by atoms with Gasteiger partial charge in [0, 0.05) is 5.92 Å². The first-order chi connectivity index (χ1) is 6.69. The van der Waals surface area contributed by atoms with E-state index < -0.39 is 0 Å². The van der Waals surface area contributed by atoms with Crippen LogP contribution in [0.4, 0.5) is 0 Å². The fourth-order valence-electron chi connectivity index (χ4n) is 1.56. The summed E-state index contributed by atoms with van der Waals surface area (Å²) < 4.78 is 5.13. The van der Waals surface area contributed by atoms with Crippen LogP contribution in [0.5, 0.6) is 5.75 Å². The van der Waals surface area contributed by atoms with Gasteiger partial charge in [-0.25, -0.2) is 5.90 Å². The maximum Gasteiger partial charge on any atom is 0.119 e. The number of methoxy groups -OCH3 is 1. The predicted molar refractivity (Wildman–Crippen MR) is 56.3 cm³/mol. The lowest BCUT2D eigenvalue weighted by Crippen LogP contribution is -2.09. The van der Waals surface area contributed by atoms with Crippen LogP contribution in [0.2, 0.25) is 0 Å². The lowest BCUT2D eigenvalue weighted by atomic mass is 9.97. The van der Waals surface area contributed by atoms with E-state index in [1.54, 1.807) is 7.11 Å². The molecule has 0 fully saturated rings. The number of ether oxygens (including phenoxy) is 1. The summed E-state index contributed by atoms with van der Waals surface area (Å²) in [6.45, 7) is 4.68. The van der Waals surface area contributed by atoms with E-state index >= 15 is 0 Å². The van der Waals surface area contributed by atoms with E-state index in [4.69, 9.17) is 10.6 Å². The SMILES string of the molecule is COc1ccc(C(C)CON)c(C)c1. The number of hydrogen-bond acceptors (Lipinski definition) is 3. The Hall–Kier alpha value is -1.06. The van der Waals surface area contributed by atoms with Crippen LogP contribution in [-0.4, -0.2) is 13.7 Å². The average molecular weight is 195 g/mol. The first-order valence-electron chi connectivity index (χ1n) is 4.65. The highest BCUT2D eigenvalue weighted by molar-refractivity contribution is 5.36. The van der Waals surface area contributed by atoms with E-state index in [0.717, 1.165) is 5.75 Å². The molecule has 14 heavy (non-hydrogen) atoms. The average Bonchev–Trinajstić information content (AvgIpc) is 2.17. The molecule has 0 aliphatic heterocycles. The number of aryl methyl sites for hydroxylation is 1. The van der Waals surface area contributed by atoms with E-state index in [1.807, 2.05) is 12.1 Å². The Labute approximate surface area is 84.8 Å².